The lowest BCUT2D eigenvalue weighted by Crippen LogP contribution is -1.95. The molecule has 0 amide bonds. The van der Waals surface area contributed by atoms with Gasteiger partial charge < -0.3 is 0 Å². The number of halogens is 1. The topological polar surface area (TPSA) is 0 Å². The van der Waals surface area contributed by atoms with E-state index in [4.69, 9.17) is 0 Å². The summed E-state index contributed by atoms with van der Waals surface area (Å²) in [5, 5.41) is 0. The molecule has 0 bridgehead atoms. The standard InChI is InChI=1S/C15H20.HI/c1-6-11(2)7-9-15-10-8-12(3)13(4)14(15)5;/h6,8,10H,1,5,7,9H2,2-4H3;1H/b11-6+;. The molecule has 0 aromatic heterocycles. The maximum atomic E-state index is 4.15. The molecule has 2 radical (unpaired) electrons. The Labute approximate surface area is 117 Å². The van der Waals surface area contributed by atoms with E-state index in [0.717, 1.165) is 12.8 Å². The minimum Gasteiger partial charge on any atom is -0.107 e. The molecule has 1 aromatic rings. The van der Waals surface area contributed by atoms with Crippen LogP contribution in [0, 0.1) is 27.7 Å². The molecule has 0 N–H and O–H groups in total. The fourth-order valence-corrected chi connectivity index (χ4v) is 1.60. The van der Waals surface area contributed by atoms with E-state index in [1.54, 1.807) is 0 Å². The average molecular weight is 328 g/mol. The normalized spacial score (nSPS) is 11.2. The van der Waals surface area contributed by atoms with Gasteiger partial charge in [-0.3, -0.25) is 0 Å². The maximum absolute atomic E-state index is 4.15. The molecule has 0 heterocycles. The van der Waals surface area contributed by atoms with Gasteiger partial charge in [0.1, 0.15) is 0 Å². The van der Waals surface area contributed by atoms with E-state index < -0.39 is 0 Å². The summed E-state index contributed by atoms with van der Waals surface area (Å²) in [5.41, 5.74) is 6.55. The van der Waals surface area contributed by atoms with Crippen LogP contribution in [0.2, 0.25) is 0 Å². The van der Waals surface area contributed by atoms with Gasteiger partial charge in [0.25, 0.3) is 0 Å². The molecule has 0 unspecified atom stereocenters. The summed E-state index contributed by atoms with van der Waals surface area (Å²) in [7, 11) is 0. The van der Waals surface area contributed by atoms with Gasteiger partial charge in [0.15, 0.2) is 0 Å². The molecule has 1 aromatic carbocycles. The van der Waals surface area contributed by atoms with Gasteiger partial charge in [-0.25, -0.2) is 0 Å². The lowest BCUT2D eigenvalue weighted by atomic mass is 9.95. The quantitative estimate of drug-likeness (QED) is 0.698. The molecule has 0 saturated heterocycles. The van der Waals surface area contributed by atoms with Crippen LogP contribution in [0.15, 0.2) is 23.8 Å². The minimum atomic E-state index is 0. The van der Waals surface area contributed by atoms with E-state index in [1.807, 2.05) is 6.08 Å². The molecule has 0 aliphatic carbocycles. The predicted molar refractivity (Wildman–Crippen MR) is 83.2 cm³/mol. The highest BCUT2D eigenvalue weighted by Gasteiger charge is 2.03. The van der Waals surface area contributed by atoms with Gasteiger partial charge in [-0.2, -0.15) is 0 Å². The third-order valence-electron chi connectivity index (χ3n) is 3.10. The van der Waals surface area contributed by atoms with Crippen LogP contribution in [0.1, 0.15) is 35.6 Å². The summed E-state index contributed by atoms with van der Waals surface area (Å²) in [6.45, 7) is 14.3. The van der Waals surface area contributed by atoms with E-state index in [0.29, 0.717) is 0 Å². The second-order valence-electron chi connectivity index (χ2n) is 4.20. The van der Waals surface area contributed by atoms with Crippen molar-refractivity contribution >= 4 is 24.0 Å². The molecule has 0 nitrogen and oxygen atoms in total. The van der Waals surface area contributed by atoms with Gasteiger partial charge in [-0.15, -0.1) is 24.0 Å². The molecule has 88 valence electrons. The Morgan fingerprint density at radius 2 is 1.94 bits per heavy atom. The van der Waals surface area contributed by atoms with Crippen molar-refractivity contribution in [1.29, 1.82) is 0 Å². The highest BCUT2D eigenvalue weighted by atomic mass is 127. The Morgan fingerprint density at radius 3 is 2.50 bits per heavy atom. The van der Waals surface area contributed by atoms with E-state index in [9.17, 15) is 0 Å². The first-order valence-corrected chi connectivity index (χ1v) is 5.42. The highest BCUT2D eigenvalue weighted by molar-refractivity contribution is 14.0. The summed E-state index contributed by atoms with van der Waals surface area (Å²) in [6.07, 6.45) is 4.08. The first-order valence-electron chi connectivity index (χ1n) is 5.42. The molecule has 0 aliphatic rings. The monoisotopic (exact) mass is 328 g/mol. The fourth-order valence-electron chi connectivity index (χ4n) is 1.60. The number of rotatable bonds is 3. The second kappa shape index (κ2) is 7.10. The van der Waals surface area contributed by atoms with Gasteiger partial charge in [-0.1, -0.05) is 23.8 Å². The van der Waals surface area contributed by atoms with Crippen LogP contribution in [0.25, 0.3) is 0 Å². The Bertz CT molecular complexity index is 375. The summed E-state index contributed by atoms with van der Waals surface area (Å²) in [4.78, 5) is 0. The Balaban J connectivity index is 0.00000225. The van der Waals surface area contributed by atoms with E-state index in [1.165, 1.54) is 27.8 Å². The van der Waals surface area contributed by atoms with Crippen molar-refractivity contribution in [2.45, 2.75) is 33.6 Å². The maximum Gasteiger partial charge on any atom is -0.0233 e. The van der Waals surface area contributed by atoms with Crippen molar-refractivity contribution in [1.82, 2.24) is 0 Å². The summed E-state index contributed by atoms with van der Waals surface area (Å²) < 4.78 is 0. The number of hydrogen-bond acceptors (Lipinski definition) is 0. The Morgan fingerprint density at radius 1 is 1.31 bits per heavy atom. The van der Waals surface area contributed by atoms with Gasteiger partial charge >= 0.3 is 0 Å². The Kier molecular flexibility index (Phi) is 6.96. The smallest absolute Gasteiger partial charge is 0.0233 e. The summed E-state index contributed by atoms with van der Waals surface area (Å²) >= 11 is 0. The minimum absolute atomic E-state index is 0. The highest BCUT2D eigenvalue weighted by Crippen LogP contribution is 2.19. The average Bonchev–Trinajstić information content (AvgIpc) is 2.24. The molecule has 0 fully saturated rings. The molecule has 16 heavy (non-hydrogen) atoms. The van der Waals surface area contributed by atoms with Crippen molar-refractivity contribution in [3.63, 3.8) is 0 Å². The van der Waals surface area contributed by atoms with Crippen LogP contribution in [-0.2, 0) is 6.42 Å². The zero-order valence-corrected chi connectivity index (χ0v) is 12.8. The molecular formula is C15H21I. The second-order valence-corrected chi connectivity index (χ2v) is 4.20. The van der Waals surface area contributed by atoms with Crippen LogP contribution in [-0.4, -0.2) is 0 Å². The number of allylic oxidation sites excluding steroid dienone is 2. The molecule has 1 heteroatoms. The molecule has 0 spiro atoms. The Hall–Kier alpha value is -0.310. The van der Waals surface area contributed by atoms with Gasteiger partial charge in [0, 0.05) is 0 Å². The van der Waals surface area contributed by atoms with E-state index in [2.05, 4.69) is 46.8 Å². The van der Waals surface area contributed by atoms with Crippen molar-refractivity contribution < 1.29 is 0 Å². The SMILES string of the molecule is I.[CH2]/C=C(\C)CCc1ccc(C)c(C)c1[CH2]. The predicted octanol–water partition coefficient (Wildman–Crippen LogP) is 4.82. The fraction of sp³-hybridized carbons (Fsp3) is 0.333. The van der Waals surface area contributed by atoms with Crippen molar-refractivity contribution in [3.05, 3.63) is 59.9 Å². The largest absolute Gasteiger partial charge is 0.107 e. The van der Waals surface area contributed by atoms with E-state index in [-0.39, 0.29) is 24.0 Å². The van der Waals surface area contributed by atoms with Crippen LogP contribution in [0.3, 0.4) is 0 Å². The molecule has 1 rings (SSSR count). The van der Waals surface area contributed by atoms with Crippen molar-refractivity contribution in [2.24, 2.45) is 0 Å². The third kappa shape index (κ3) is 3.93. The first kappa shape index (κ1) is 15.7. The third-order valence-corrected chi connectivity index (χ3v) is 3.10. The zero-order chi connectivity index (χ0) is 11.4. The summed E-state index contributed by atoms with van der Waals surface area (Å²) in [6, 6.07) is 4.38. The van der Waals surface area contributed by atoms with Gasteiger partial charge in [0.2, 0.25) is 0 Å². The molecule has 0 aliphatic heterocycles. The van der Waals surface area contributed by atoms with Crippen molar-refractivity contribution in [2.75, 3.05) is 0 Å². The van der Waals surface area contributed by atoms with Crippen LogP contribution in [0.5, 0.6) is 0 Å². The van der Waals surface area contributed by atoms with Gasteiger partial charge in [0.05, 0.1) is 0 Å². The number of hydrogen-bond donors (Lipinski definition) is 0. The number of benzene rings is 1. The molecule has 0 saturated carbocycles. The van der Waals surface area contributed by atoms with Crippen LogP contribution >= 0.6 is 24.0 Å². The molecule has 0 atom stereocenters. The van der Waals surface area contributed by atoms with Crippen molar-refractivity contribution in [3.8, 4) is 0 Å². The van der Waals surface area contributed by atoms with Gasteiger partial charge in [-0.05, 0) is 69.7 Å². The lowest BCUT2D eigenvalue weighted by Gasteiger charge is -2.11. The molecular weight excluding hydrogens is 307 g/mol. The first-order chi connectivity index (χ1) is 7.06. The van der Waals surface area contributed by atoms with E-state index >= 15 is 0 Å². The number of aryl methyl sites for hydroxylation is 2. The summed E-state index contributed by atoms with van der Waals surface area (Å²) in [5.74, 6) is 0. The lowest BCUT2D eigenvalue weighted by molar-refractivity contribution is 0.932. The van der Waals surface area contributed by atoms with Crippen LogP contribution in [0.4, 0.5) is 0 Å². The van der Waals surface area contributed by atoms with Crippen LogP contribution < -0.4 is 0 Å². The zero-order valence-electron chi connectivity index (χ0n) is 10.5.